The highest BCUT2D eigenvalue weighted by molar-refractivity contribution is 5.34. The molecular formula is C12H17F. The quantitative estimate of drug-likeness (QED) is 0.649. The smallest absolute Gasteiger partial charge is 0.127 e. The van der Waals surface area contributed by atoms with E-state index >= 15 is 0 Å². The summed E-state index contributed by atoms with van der Waals surface area (Å²) in [5, 5.41) is 0. The van der Waals surface area contributed by atoms with Crippen molar-refractivity contribution in [1.82, 2.24) is 0 Å². The fourth-order valence-corrected chi connectivity index (χ4v) is 1.76. The van der Waals surface area contributed by atoms with Gasteiger partial charge in [0.2, 0.25) is 0 Å². The minimum Gasteiger partial charge on any atom is -0.207 e. The molecular weight excluding hydrogens is 163 g/mol. The number of halogens is 1. The molecule has 1 rings (SSSR count). The Morgan fingerprint density at radius 3 is 2.31 bits per heavy atom. The molecule has 0 saturated heterocycles. The number of hydrogen-bond donors (Lipinski definition) is 0. The molecule has 0 N–H and O–H groups in total. The van der Waals surface area contributed by atoms with Crippen LogP contribution in [0.25, 0.3) is 0 Å². The van der Waals surface area contributed by atoms with Crippen LogP contribution < -0.4 is 0 Å². The van der Waals surface area contributed by atoms with Gasteiger partial charge in [-0.1, -0.05) is 26.8 Å². The van der Waals surface area contributed by atoms with Gasteiger partial charge < -0.3 is 0 Å². The van der Waals surface area contributed by atoms with Crippen molar-refractivity contribution in [3.05, 3.63) is 34.6 Å². The van der Waals surface area contributed by atoms with Crippen molar-refractivity contribution in [2.24, 2.45) is 0 Å². The first-order valence-electron chi connectivity index (χ1n) is 4.85. The fourth-order valence-electron chi connectivity index (χ4n) is 1.76. The van der Waals surface area contributed by atoms with Crippen LogP contribution in [0, 0.1) is 12.7 Å². The van der Waals surface area contributed by atoms with Gasteiger partial charge in [-0.2, -0.15) is 0 Å². The minimum atomic E-state index is -0.0492. The molecule has 0 saturated carbocycles. The Kier molecular flexibility index (Phi) is 3.07. The van der Waals surface area contributed by atoms with Gasteiger partial charge in [0.1, 0.15) is 5.82 Å². The van der Waals surface area contributed by atoms with Crippen molar-refractivity contribution in [1.29, 1.82) is 0 Å². The van der Waals surface area contributed by atoms with Crippen LogP contribution in [0.2, 0.25) is 0 Å². The van der Waals surface area contributed by atoms with E-state index in [-0.39, 0.29) is 11.7 Å². The van der Waals surface area contributed by atoms with E-state index in [0.29, 0.717) is 0 Å². The van der Waals surface area contributed by atoms with Gasteiger partial charge in [-0.15, -0.1) is 0 Å². The van der Waals surface area contributed by atoms with Crippen LogP contribution >= 0.6 is 0 Å². The largest absolute Gasteiger partial charge is 0.207 e. The Morgan fingerprint density at radius 1 is 1.31 bits per heavy atom. The maximum atomic E-state index is 13.5. The van der Waals surface area contributed by atoms with Gasteiger partial charge in [0.25, 0.3) is 0 Å². The topological polar surface area (TPSA) is 0 Å². The first-order chi connectivity index (χ1) is 6.06. The summed E-state index contributed by atoms with van der Waals surface area (Å²) in [5.74, 6) is 0.220. The van der Waals surface area contributed by atoms with Crippen LogP contribution in [0.4, 0.5) is 4.39 Å². The number of aryl methyl sites for hydroxylation is 2. The van der Waals surface area contributed by atoms with Gasteiger partial charge in [-0.3, -0.25) is 0 Å². The molecule has 0 aromatic heterocycles. The summed E-state index contributed by atoms with van der Waals surface area (Å²) in [7, 11) is 0. The van der Waals surface area contributed by atoms with Crippen LogP contribution in [0.15, 0.2) is 12.1 Å². The Balaban J connectivity index is 3.23. The molecule has 0 nitrogen and oxygen atoms in total. The summed E-state index contributed by atoms with van der Waals surface area (Å²) in [6.45, 7) is 8.08. The molecule has 72 valence electrons. The summed E-state index contributed by atoms with van der Waals surface area (Å²) in [4.78, 5) is 0. The zero-order valence-electron chi connectivity index (χ0n) is 8.82. The predicted octanol–water partition coefficient (Wildman–Crippen LogP) is 3.82. The van der Waals surface area contributed by atoms with Gasteiger partial charge in [0.05, 0.1) is 0 Å². The van der Waals surface area contributed by atoms with E-state index in [0.717, 1.165) is 23.1 Å². The summed E-state index contributed by atoms with van der Waals surface area (Å²) in [5.41, 5.74) is 3.02. The molecule has 1 aromatic rings. The van der Waals surface area contributed by atoms with E-state index in [9.17, 15) is 4.39 Å². The van der Waals surface area contributed by atoms with E-state index in [4.69, 9.17) is 0 Å². The first kappa shape index (κ1) is 10.2. The monoisotopic (exact) mass is 180 g/mol. The van der Waals surface area contributed by atoms with E-state index in [1.54, 1.807) is 6.07 Å². The first-order valence-corrected chi connectivity index (χ1v) is 4.85. The number of benzene rings is 1. The fraction of sp³-hybridized carbons (Fsp3) is 0.500. The highest BCUT2D eigenvalue weighted by Gasteiger charge is 2.10. The summed E-state index contributed by atoms with van der Waals surface area (Å²) < 4.78 is 13.5. The molecule has 0 atom stereocenters. The Labute approximate surface area is 79.8 Å². The molecule has 0 aliphatic heterocycles. The van der Waals surface area contributed by atoms with Gasteiger partial charge in [0, 0.05) is 0 Å². The zero-order valence-corrected chi connectivity index (χ0v) is 8.82. The standard InChI is InChI=1S/C12H17F/c1-5-10-6-9(4)12(8(2)3)11(13)7-10/h6-8H,5H2,1-4H3. The second-order valence-corrected chi connectivity index (χ2v) is 3.82. The molecule has 13 heavy (non-hydrogen) atoms. The molecule has 0 heterocycles. The van der Waals surface area contributed by atoms with Crippen LogP contribution in [-0.2, 0) is 6.42 Å². The maximum absolute atomic E-state index is 13.5. The number of hydrogen-bond acceptors (Lipinski definition) is 0. The Morgan fingerprint density at radius 2 is 1.92 bits per heavy atom. The summed E-state index contributed by atoms with van der Waals surface area (Å²) in [6, 6.07) is 3.74. The normalized spacial score (nSPS) is 10.9. The van der Waals surface area contributed by atoms with E-state index in [1.165, 1.54) is 0 Å². The molecule has 1 heteroatoms. The van der Waals surface area contributed by atoms with Gasteiger partial charge in [-0.25, -0.2) is 4.39 Å². The minimum absolute atomic E-state index is 0.0492. The summed E-state index contributed by atoms with van der Waals surface area (Å²) in [6.07, 6.45) is 0.899. The molecule has 0 bridgehead atoms. The van der Waals surface area contributed by atoms with E-state index in [2.05, 4.69) is 6.07 Å². The lowest BCUT2D eigenvalue weighted by atomic mass is 9.95. The van der Waals surface area contributed by atoms with Crippen molar-refractivity contribution in [2.75, 3.05) is 0 Å². The van der Waals surface area contributed by atoms with Gasteiger partial charge in [-0.05, 0) is 42.0 Å². The van der Waals surface area contributed by atoms with Crippen molar-refractivity contribution in [3.8, 4) is 0 Å². The molecule has 0 fully saturated rings. The molecule has 0 spiro atoms. The zero-order chi connectivity index (χ0) is 10.0. The van der Waals surface area contributed by atoms with Crippen LogP contribution in [0.5, 0.6) is 0 Å². The summed E-state index contributed by atoms with van der Waals surface area (Å²) >= 11 is 0. The molecule has 0 unspecified atom stereocenters. The highest BCUT2D eigenvalue weighted by atomic mass is 19.1. The molecule has 0 radical (unpaired) electrons. The maximum Gasteiger partial charge on any atom is 0.127 e. The highest BCUT2D eigenvalue weighted by Crippen LogP contribution is 2.23. The molecule has 0 aliphatic rings. The third-order valence-electron chi connectivity index (χ3n) is 2.38. The Bertz CT molecular complexity index is 277. The predicted molar refractivity (Wildman–Crippen MR) is 54.6 cm³/mol. The van der Waals surface area contributed by atoms with Crippen molar-refractivity contribution < 1.29 is 4.39 Å². The second kappa shape index (κ2) is 3.91. The van der Waals surface area contributed by atoms with E-state index in [1.807, 2.05) is 27.7 Å². The second-order valence-electron chi connectivity index (χ2n) is 3.82. The lowest BCUT2D eigenvalue weighted by Gasteiger charge is -2.12. The Hall–Kier alpha value is -0.850. The van der Waals surface area contributed by atoms with Crippen LogP contribution in [0.1, 0.15) is 43.4 Å². The average molecular weight is 180 g/mol. The molecule has 0 amide bonds. The van der Waals surface area contributed by atoms with Crippen LogP contribution in [0.3, 0.4) is 0 Å². The number of rotatable bonds is 2. The van der Waals surface area contributed by atoms with Gasteiger partial charge in [0.15, 0.2) is 0 Å². The molecule has 0 aliphatic carbocycles. The lowest BCUT2D eigenvalue weighted by molar-refractivity contribution is 0.593. The van der Waals surface area contributed by atoms with E-state index < -0.39 is 0 Å². The van der Waals surface area contributed by atoms with Crippen molar-refractivity contribution >= 4 is 0 Å². The SMILES string of the molecule is CCc1cc(C)c(C(C)C)c(F)c1. The van der Waals surface area contributed by atoms with Gasteiger partial charge >= 0.3 is 0 Å². The third-order valence-corrected chi connectivity index (χ3v) is 2.38. The third kappa shape index (κ3) is 2.09. The average Bonchev–Trinajstić information content (AvgIpc) is 2.02. The molecule has 1 aromatic carbocycles. The van der Waals surface area contributed by atoms with Crippen molar-refractivity contribution in [2.45, 2.75) is 40.0 Å². The van der Waals surface area contributed by atoms with Crippen molar-refractivity contribution in [3.63, 3.8) is 0 Å². The van der Waals surface area contributed by atoms with Crippen LogP contribution in [-0.4, -0.2) is 0 Å². The lowest BCUT2D eigenvalue weighted by Crippen LogP contribution is -1.98.